The Bertz CT molecular complexity index is 1070. The van der Waals surface area contributed by atoms with E-state index in [0.717, 1.165) is 18.2 Å². The Hall–Kier alpha value is -4.13. The van der Waals surface area contributed by atoms with E-state index in [0.29, 0.717) is 16.7 Å². The van der Waals surface area contributed by atoms with Crippen LogP contribution in [-0.2, 0) is 14.4 Å². The van der Waals surface area contributed by atoms with Crippen molar-refractivity contribution in [3.8, 4) is 17.2 Å². The minimum absolute atomic E-state index is 0. The summed E-state index contributed by atoms with van der Waals surface area (Å²) in [5.41, 5.74) is 2.12. The SMILES string of the molecule is O.O.O.O.O.O=C(O)/C=C/c1ccc([O-])cc1.O=C(O)/C=C/c1ccc([O-])cc1.O=C(O)/C=C/c1ccc([O-])cc1.[Ce+3]. The quantitative estimate of drug-likeness (QED) is 0.248. The van der Waals surface area contributed by atoms with E-state index in [1.54, 1.807) is 36.4 Å². The van der Waals surface area contributed by atoms with Crippen LogP contribution in [0, 0.1) is 41.7 Å². The van der Waals surface area contributed by atoms with Crippen molar-refractivity contribution in [1.82, 2.24) is 0 Å². The van der Waals surface area contributed by atoms with Crippen LogP contribution < -0.4 is 15.3 Å². The maximum atomic E-state index is 10.6. The number of carbonyl (C=O) groups is 3. The molecule has 14 nitrogen and oxygen atoms in total. The van der Waals surface area contributed by atoms with Gasteiger partial charge >= 0.3 is 59.7 Å². The zero-order valence-corrected chi connectivity index (χ0v) is 24.8. The normalized spacial score (nSPS) is 8.86. The van der Waals surface area contributed by atoms with Gasteiger partial charge in [0.1, 0.15) is 0 Å². The molecule has 0 aromatic heterocycles. The van der Waals surface area contributed by atoms with Gasteiger partial charge in [0.15, 0.2) is 0 Å². The zero-order valence-electron chi connectivity index (χ0n) is 21.7. The maximum Gasteiger partial charge on any atom is 3.00 e. The molecule has 0 spiro atoms. The molecule has 0 aliphatic carbocycles. The van der Waals surface area contributed by atoms with Gasteiger partial charge in [-0.05, 0) is 34.9 Å². The van der Waals surface area contributed by atoms with Gasteiger partial charge in [0.25, 0.3) is 0 Å². The molecule has 1 radical (unpaired) electrons. The van der Waals surface area contributed by atoms with Gasteiger partial charge in [-0.3, -0.25) is 0 Å². The number of carboxylic acids is 3. The van der Waals surface area contributed by atoms with Crippen molar-refractivity contribution in [2.24, 2.45) is 0 Å². The van der Waals surface area contributed by atoms with E-state index >= 15 is 0 Å². The van der Waals surface area contributed by atoms with Crippen LogP contribution in [0.15, 0.2) is 91.0 Å². The summed E-state index contributed by atoms with van der Waals surface area (Å²) < 4.78 is 0. The van der Waals surface area contributed by atoms with Crippen molar-refractivity contribution in [2.45, 2.75) is 0 Å². The van der Waals surface area contributed by atoms with Crippen LogP contribution in [0.4, 0.5) is 0 Å². The molecular formula is C27H31CeO14. The topological polar surface area (TPSA) is 339 Å². The predicted molar refractivity (Wildman–Crippen MR) is 146 cm³/mol. The summed E-state index contributed by atoms with van der Waals surface area (Å²) >= 11 is 0. The van der Waals surface area contributed by atoms with Crippen molar-refractivity contribution in [3.63, 3.8) is 0 Å². The first-order valence-corrected chi connectivity index (χ1v) is 10.1. The van der Waals surface area contributed by atoms with E-state index in [2.05, 4.69) is 0 Å². The Morgan fingerprint density at radius 2 is 0.595 bits per heavy atom. The molecule has 0 bridgehead atoms. The smallest absolute Gasteiger partial charge is 0.872 e. The molecule has 0 heterocycles. The summed E-state index contributed by atoms with van der Waals surface area (Å²) in [6.45, 7) is 0. The van der Waals surface area contributed by atoms with Crippen LogP contribution >= 0.6 is 0 Å². The van der Waals surface area contributed by atoms with Gasteiger partial charge in [-0.15, -0.1) is 17.2 Å². The molecule has 3 aromatic carbocycles. The molecule has 15 heteroatoms. The van der Waals surface area contributed by atoms with E-state index in [-0.39, 0.29) is 86.4 Å². The molecule has 0 fully saturated rings. The average Bonchev–Trinajstić information content (AvgIpc) is 2.84. The molecule has 42 heavy (non-hydrogen) atoms. The molecule has 0 amide bonds. The minimum atomic E-state index is -0.999. The fraction of sp³-hybridized carbons (Fsp3) is 0. The number of benzene rings is 3. The molecule has 0 saturated carbocycles. The van der Waals surface area contributed by atoms with Crippen LogP contribution in [0.25, 0.3) is 18.2 Å². The molecule has 0 unspecified atom stereocenters. The summed E-state index contributed by atoms with van der Waals surface area (Å²) in [5.74, 6) is -3.24. The van der Waals surface area contributed by atoms with Gasteiger partial charge in [0.05, 0.1) is 0 Å². The molecule has 227 valence electrons. The second-order valence-electron chi connectivity index (χ2n) is 6.72. The van der Waals surface area contributed by atoms with E-state index in [1.807, 2.05) is 0 Å². The van der Waals surface area contributed by atoms with Crippen molar-refractivity contribution >= 4 is 36.1 Å². The molecule has 0 atom stereocenters. The Kier molecular flexibility index (Phi) is 34.3. The number of rotatable bonds is 6. The van der Waals surface area contributed by atoms with E-state index in [4.69, 9.17) is 15.3 Å². The summed E-state index contributed by atoms with van der Waals surface area (Å²) in [4.78, 5) is 30.3. The molecule has 3 aromatic rings. The third-order valence-corrected chi connectivity index (χ3v) is 3.90. The third-order valence-electron chi connectivity index (χ3n) is 3.90. The standard InChI is InChI=1S/3C9H8O3.Ce.5H2O/c3*10-8-4-1-7(2-5-8)3-6-9(11)12;;;;;;/h3*1-6,10H,(H,11,12);;5*1H2/q;;;+3;;;;;/p-3/b3*6-3+;;;;;;. The van der Waals surface area contributed by atoms with E-state index in [9.17, 15) is 29.7 Å². The fourth-order valence-corrected chi connectivity index (χ4v) is 2.24. The monoisotopic (exact) mass is 719 g/mol. The van der Waals surface area contributed by atoms with Gasteiger partial charge < -0.3 is 58.0 Å². The first kappa shape index (κ1) is 50.7. The van der Waals surface area contributed by atoms with Crippen LogP contribution in [0.5, 0.6) is 17.2 Å². The third kappa shape index (κ3) is 26.1. The molecular weight excluding hydrogens is 688 g/mol. The van der Waals surface area contributed by atoms with Gasteiger partial charge in [-0.25, -0.2) is 14.4 Å². The van der Waals surface area contributed by atoms with Crippen LogP contribution in [-0.4, -0.2) is 60.6 Å². The minimum Gasteiger partial charge on any atom is -0.872 e. The number of hydrogen-bond acceptors (Lipinski definition) is 6. The maximum absolute atomic E-state index is 10.6. The summed E-state index contributed by atoms with van der Waals surface area (Å²) in [6.07, 6.45) is 7.38. The largest absolute Gasteiger partial charge is 3.00 e. The molecule has 0 saturated heterocycles. The number of carboxylic acid groups (broad SMARTS) is 3. The van der Waals surface area contributed by atoms with Crippen molar-refractivity contribution < 1.29 is 114 Å². The summed E-state index contributed by atoms with van der Waals surface area (Å²) in [6, 6.07) is 17.8. The average molecular weight is 720 g/mol. The summed E-state index contributed by atoms with van der Waals surface area (Å²) in [7, 11) is 0. The first-order chi connectivity index (χ1) is 17.0. The fourth-order valence-electron chi connectivity index (χ4n) is 2.24. The first-order valence-electron chi connectivity index (χ1n) is 10.1. The van der Waals surface area contributed by atoms with E-state index in [1.165, 1.54) is 54.6 Å². The number of aliphatic carboxylic acids is 3. The molecule has 0 aliphatic heterocycles. The second-order valence-corrected chi connectivity index (χ2v) is 6.72. The Morgan fingerprint density at radius 1 is 0.429 bits per heavy atom. The predicted octanol–water partition coefficient (Wildman–Crippen LogP) is -1.55. The Balaban J connectivity index is -0.000000108. The van der Waals surface area contributed by atoms with Gasteiger partial charge in [0.2, 0.25) is 0 Å². The van der Waals surface area contributed by atoms with Gasteiger partial charge in [-0.1, -0.05) is 72.8 Å². The molecule has 13 N–H and O–H groups in total. The van der Waals surface area contributed by atoms with Crippen molar-refractivity contribution in [2.75, 3.05) is 0 Å². The molecule has 0 aliphatic rings. The summed E-state index contributed by atoms with van der Waals surface area (Å²) in [5, 5.41) is 56.7. The van der Waals surface area contributed by atoms with Crippen LogP contribution in [0.3, 0.4) is 0 Å². The second kappa shape index (κ2) is 28.4. The Labute approximate surface area is 273 Å². The Morgan fingerprint density at radius 3 is 0.738 bits per heavy atom. The van der Waals surface area contributed by atoms with Crippen LogP contribution in [0.1, 0.15) is 16.7 Å². The zero-order chi connectivity index (χ0) is 26.9. The molecule has 3 rings (SSSR count). The van der Waals surface area contributed by atoms with E-state index < -0.39 is 17.9 Å². The van der Waals surface area contributed by atoms with Gasteiger partial charge in [-0.2, -0.15) is 0 Å². The van der Waals surface area contributed by atoms with Crippen molar-refractivity contribution in [1.29, 1.82) is 0 Å². The van der Waals surface area contributed by atoms with Gasteiger partial charge in [0, 0.05) is 18.2 Å². The number of hydrogen-bond donors (Lipinski definition) is 3. The van der Waals surface area contributed by atoms with Crippen molar-refractivity contribution in [3.05, 3.63) is 108 Å². The van der Waals surface area contributed by atoms with Crippen LogP contribution in [0.2, 0.25) is 0 Å².